The van der Waals surface area contributed by atoms with Crippen LogP contribution in [0.2, 0.25) is 0 Å². The molecule has 0 aliphatic rings. The Balaban J connectivity index is 1.72. The number of amides is 2. The van der Waals surface area contributed by atoms with Gasteiger partial charge in [-0.3, -0.25) is 14.4 Å². The van der Waals surface area contributed by atoms with Gasteiger partial charge in [-0.2, -0.15) is 0 Å². The molecule has 9 nitrogen and oxygen atoms in total. The van der Waals surface area contributed by atoms with Gasteiger partial charge in [-0.15, -0.1) is 0 Å². The van der Waals surface area contributed by atoms with Crippen LogP contribution in [0.25, 0.3) is 4.96 Å². The van der Waals surface area contributed by atoms with Gasteiger partial charge in [0.1, 0.15) is 10.6 Å². The predicted octanol–water partition coefficient (Wildman–Crippen LogP) is 5.40. The third kappa shape index (κ3) is 6.06. The van der Waals surface area contributed by atoms with Crippen LogP contribution in [0.1, 0.15) is 74.0 Å². The summed E-state index contributed by atoms with van der Waals surface area (Å²) in [4.78, 5) is 57.1. The number of fused-ring (bicyclic) bond motifs is 1. The molecule has 2 heterocycles. The molecule has 10 heteroatoms. The average Bonchev–Trinajstić information content (AvgIpc) is 3.31. The lowest BCUT2D eigenvalue weighted by molar-refractivity contribution is 0.0505. The van der Waals surface area contributed by atoms with E-state index >= 15 is 0 Å². The van der Waals surface area contributed by atoms with Crippen molar-refractivity contribution in [2.24, 2.45) is 0 Å². The van der Waals surface area contributed by atoms with Crippen LogP contribution < -0.4 is 16.2 Å². The molecule has 0 saturated carbocycles. The highest BCUT2D eigenvalue weighted by Crippen LogP contribution is 2.26. The molecule has 2 N–H and O–H groups in total. The van der Waals surface area contributed by atoms with Crippen LogP contribution in [0, 0.1) is 13.8 Å². The largest absolute Gasteiger partial charge is 0.462 e. The molecule has 0 radical (unpaired) electrons. The van der Waals surface area contributed by atoms with Crippen LogP contribution in [-0.4, -0.2) is 33.8 Å². The van der Waals surface area contributed by atoms with Gasteiger partial charge in [-0.1, -0.05) is 43.7 Å². The second-order valence-corrected chi connectivity index (χ2v) is 10.1. The normalized spacial score (nSPS) is 10.9. The van der Waals surface area contributed by atoms with Crippen molar-refractivity contribution < 1.29 is 19.1 Å². The minimum atomic E-state index is -0.652. The maximum absolute atomic E-state index is 13.5. The zero-order valence-electron chi connectivity index (χ0n) is 22.3. The van der Waals surface area contributed by atoms with E-state index in [-0.39, 0.29) is 15.5 Å². The summed E-state index contributed by atoms with van der Waals surface area (Å²) in [5, 5.41) is 5.62. The SMILES string of the molecule is CCCOC(=O)c1ccc(NC(=O)c2c(C(=O)Nc3cccc(C)c3C)sc3nc(CCC)cc(=O)n23)cc1. The molecule has 2 aromatic heterocycles. The van der Waals surface area contributed by atoms with Gasteiger partial charge in [-0.05, 0) is 68.1 Å². The quantitative estimate of drug-likeness (QED) is 0.272. The van der Waals surface area contributed by atoms with Crippen molar-refractivity contribution in [3.05, 3.63) is 91.8 Å². The number of rotatable bonds is 9. The van der Waals surface area contributed by atoms with Gasteiger partial charge >= 0.3 is 5.97 Å². The number of nitrogens with zero attached hydrogens (tertiary/aromatic N) is 2. The topological polar surface area (TPSA) is 119 Å². The number of ether oxygens (including phenoxy) is 1. The zero-order valence-corrected chi connectivity index (χ0v) is 23.1. The fourth-order valence-corrected chi connectivity index (χ4v) is 5.03. The van der Waals surface area contributed by atoms with Gasteiger partial charge in [0, 0.05) is 23.1 Å². The first-order valence-electron chi connectivity index (χ1n) is 12.7. The first kappa shape index (κ1) is 27.7. The molecule has 4 aromatic rings. The molecule has 4 rings (SSSR count). The number of aryl methyl sites for hydroxylation is 2. The van der Waals surface area contributed by atoms with Gasteiger partial charge in [0.05, 0.1) is 12.2 Å². The molecule has 0 atom stereocenters. The molecule has 0 unspecified atom stereocenters. The third-order valence-electron chi connectivity index (χ3n) is 6.17. The Bertz CT molecular complexity index is 1600. The minimum absolute atomic E-state index is 0.0615. The lowest BCUT2D eigenvalue weighted by atomic mass is 10.1. The van der Waals surface area contributed by atoms with Crippen molar-refractivity contribution in [2.75, 3.05) is 17.2 Å². The van der Waals surface area contributed by atoms with Gasteiger partial charge in [-0.25, -0.2) is 14.2 Å². The standard InChI is InChI=1S/C29H30N4O5S/c1-5-8-21-16-23(34)33-24(26(35)30-20-13-11-19(12-14-20)28(37)38-15-6-2)25(39-29(33)31-21)27(36)32-22-10-7-9-17(3)18(22)4/h7,9-14,16H,5-6,8,15H2,1-4H3,(H,30,35)(H,32,36). The summed E-state index contributed by atoms with van der Waals surface area (Å²) in [6.45, 7) is 8.04. The highest BCUT2D eigenvalue weighted by atomic mass is 32.1. The number of hydrogen-bond acceptors (Lipinski definition) is 7. The highest BCUT2D eigenvalue weighted by Gasteiger charge is 2.27. The second kappa shape index (κ2) is 12.0. The zero-order chi connectivity index (χ0) is 28.1. The summed E-state index contributed by atoms with van der Waals surface area (Å²) in [5.74, 6) is -1.62. The Morgan fingerprint density at radius 3 is 2.41 bits per heavy atom. The molecule has 0 aliphatic carbocycles. The number of hydrogen-bond donors (Lipinski definition) is 2. The first-order valence-corrected chi connectivity index (χ1v) is 13.6. The van der Waals surface area contributed by atoms with Crippen LogP contribution in [0.4, 0.5) is 11.4 Å². The van der Waals surface area contributed by atoms with Crippen molar-refractivity contribution in [1.29, 1.82) is 0 Å². The van der Waals surface area contributed by atoms with E-state index in [2.05, 4.69) is 15.6 Å². The Hall–Kier alpha value is -4.31. The fraction of sp³-hybridized carbons (Fsp3) is 0.276. The molecule has 2 amide bonds. The van der Waals surface area contributed by atoms with Crippen LogP contribution >= 0.6 is 11.3 Å². The van der Waals surface area contributed by atoms with Crippen LogP contribution in [0.15, 0.2) is 53.3 Å². The van der Waals surface area contributed by atoms with Crippen LogP contribution in [0.3, 0.4) is 0 Å². The minimum Gasteiger partial charge on any atom is -0.462 e. The summed E-state index contributed by atoms with van der Waals surface area (Å²) >= 11 is 0.986. The number of benzene rings is 2. The predicted molar refractivity (Wildman–Crippen MR) is 152 cm³/mol. The van der Waals surface area contributed by atoms with Crippen LogP contribution in [-0.2, 0) is 11.2 Å². The molecule has 0 aliphatic heterocycles. The van der Waals surface area contributed by atoms with Crippen molar-refractivity contribution in [3.63, 3.8) is 0 Å². The van der Waals surface area contributed by atoms with E-state index in [9.17, 15) is 19.2 Å². The summed E-state index contributed by atoms with van der Waals surface area (Å²) in [7, 11) is 0. The lowest BCUT2D eigenvalue weighted by Gasteiger charge is -2.11. The molecule has 0 saturated heterocycles. The van der Waals surface area contributed by atoms with E-state index < -0.39 is 23.3 Å². The van der Waals surface area contributed by atoms with E-state index in [1.165, 1.54) is 22.6 Å². The van der Waals surface area contributed by atoms with E-state index in [0.29, 0.717) is 42.1 Å². The summed E-state index contributed by atoms with van der Waals surface area (Å²) in [6.07, 6.45) is 2.10. The van der Waals surface area contributed by atoms with Crippen molar-refractivity contribution in [2.45, 2.75) is 47.0 Å². The third-order valence-corrected chi connectivity index (χ3v) is 7.21. The van der Waals surface area contributed by atoms with Crippen LogP contribution in [0.5, 0.6) is 0 Å². The number of esters is 1. The van der Waals surface area contributed by atoms with Gasteiger partial charge < -0.3 is 15.4 Å². The Kier molecular flexibility index (Phi) is 8.55. The van der Waals surface area contributed by atoms with E-state index in [0.717, 1.165) is 28.9 Å². The first-order chi connectivity index (χ1) is 18.7. The Morgan fingerprint density at radius 1 is 0.974 bits per heavy atom. The number of anilines is 2. The fourth-order valence-electron chi connectivity index (χ4n) is 3.99. The molecular formula is C29H30N4O5S. The van der Waals surface area contributed by atoms with E-state index in [1.807, 2.05) is 39.8 Å². The number of nitrogens with one attached hydrogen (secondary N) is 2. The van der Waals surface area contributed by atoms with Crippen molar-refractivity contribution >= 4 is 45.5 Å². The number of carbonyl (C=O) groups excluding carboxylic acids is 3. The van der Waals surface area contributed by atoms with E-state index in [1.54, 1.807) is 18.2 Å². The molecule has 202 valence electrons. The lowest BCUT2D eigenvalue weighted by Crippen LogP contribution is -2.25. The van der Waals surface area contributed by atoms with Gasteiger partial charge in [0.2, 0.25) is 0 Å². The second-order valence-electron chi connectivity index (χ2n) is 9.10. The summed E-state index contributed by atoms with van der Waals surface area (Å²) < 4.78 is 6.31. The smallest absolute Gasteiger partial charge is 0.338 e. The summed E-state index contributed by atoms with van der Waals surface area (Å²) in [5.41, 5.74) is 3.30. The van der Waals surface area contributed by atoms with Gasteiger partial charge in [0.15, 0.2) is 4.96 Å². The Morgan fingerprint density at radius 2 is 1.72 bits per heavy atom. The molecule has 0 bridgehead atoms. The van der Waals surface area contributed by atoms with Gasteiger partial charge in [0.25, 0.3) is 17.4 Å². The molecule has 2 aromatic carbocycles. The van der Waals surface area contributed by atoms with E-state index in [4.69, 9.17) is 4.74 Å². The van der Waals surface area contributed by atoms with Crippen molar-refractivity contribution in [3.8, 4) is 0 Å². The molecule has 0 spiro atoms. The number of thiazole rings is 1. The highest BCUT2D eigenvalue weighted by molar-refractivity contribution is 7.19. The summed E-state index contributed by atoms with van der Waals surface area (Å²) in [6, 6.07) is 13.2. The maximum Gasteiger partial charge on any atom is 0.338 e. The average molecular weight is 547 g/mol. The Labute approximate surface area is 229 Å². The monoisotopic (exact) mass is 546 g/mol. The maximum atomic E-state index is 13.5. The molecular weight excluding hydrogens is 516 g/mol. The molecule has 39 heavy (non-hydrogen) atoms. The van der Waals surface area contributed by atoms with Crippen molar-refractivity contribution in [1.82, 2.24) is 9.38 Å². The number of aromatic nitrogens is 2. The molecule has 0 fully saturated rings. The number of carbonyl (C=O) groups is 3.